The molecule has 0 aromatic carbocycles. The van der Waals surface area contributed by atoms with Crippen molar-refractivity contribution in [2.45, 2.75) is 38.6 Å². The molecule has 0 unspecified atom stereocenters. The van der Waals surface area contributed by atoms with Crippen LogP contribution in [0.3, 0.4) is 0 Å². The summed E-state index contributed by atoms with van der Waals surface area (Å²) in [5.41, 5.74) is 0.967. The zero-order valence-corrected chi connectivity index (χ0v) is 13.1. The van der Waals surface area contributed by atoms with E-state index in [0.29, 0.717) is 0 Å². The van der Waals surface area contributed by atoms with Crippen LogP contribution in [0.1, 0.15) is 40.9 Å². The minimum Gasteiger partial charge on any atom is -0.338 e. The molecule has 1 atom stereocenters. The summed E-state index contributed by atoms with van der Waals surface area (Å²) in [6, 6.07) is 1.80. The van der Waals surface area contributed by atoms with Crippen LogP contribution >= 0.6 is 11.3 Å². The molecule has 0 spiro atoms. The minimum atomic E-state index is -0.0933. The molecule has 2 amide bonds. The Kier molecular flexibility index (Phi) is 4.26. The number of hydrogen-bond donors (Lipinski definition) is 2. The quantitative estimate of drug-likeness (QED) is 0.897. The Labute approximate surface area is 128 Å². The van der Waals surface area contributed by atoms with E-state index in [9.17, 15) is 9.59 Å². The highest BCUT2D eigenvalue weighted by molar-refractivity contribution is 7.18. The monoisotopic (exact) mass is 307 g/mol. The van der Waals surface area contributed by atoms with Crippen molar-refractivity contribution in [3.63, 3.8) is 0 Å². The van der Waals surface area contributed by atoms with Crippen LogP contribution in [0, 0.1) is 6.92 Å². The van der Waals surface area contributed by atoms with Crippen LogP contribution < -0.4 is 10.6 Å². The van der Waals surface area contributed by atoms with Crippen molar-refractivity contribution in [3.8, 4) is 0 Å². The summed E-state index contributed by atoms with van der Waals surface area (Å²) in [7, 11) is 0. The van der Waals surface area contributed by atoms with E-state index in [0.717, 1.165) is 60.8 Å². The van der Waals surface area contributed by atoms with Crippen molar-refractivity contribution in [3.05, 3.63) is 16.5 Å². The van der Waals surface area contributed by atoms with Gasteiger partial charge in [-0.2, -0.15) is 0 Å². The number of likely N-dealkylation sites (tertiary alicyclic amines) is 1. The maximum Gasteiger partial charge on any atom is 0.264 e. The lowest BCUT2D eigenvalue weighted by Gasteiger charge is -2.13. The van der Waals surface area contributed by atoms with Crippen LogP contribution in [0.25, 0.3) is 0 Å². The lowest BCUT2D eigenvalue weighted by molar-refractivity contribution is -0.117. The van der Waals surface area contributed by atoms with Gasteiger partial charge in [-0.3, -0.25) is 9.59 Å². The summed E-state index contributed by atoms with van der Waals surface area (Å²) in [4.78, 5) is 27.1. The lowest BCUT2D eigenvalue weighted by Crippen LogP contribution is -2.35. The molecule has 0 bridgehead atoms. The van der Waals surface area contributed by atoms with E-state index < -0.39 is 0 Å². The molecule has 3 rings (SSSR count). The highest BCUT2D eigenvalue weighted by Crippen LogP contribution is 2.29. The Balaban J connectivity index is 1.68. The first-order valence-electron chi connectivity index (χ1n) is 7.59. The zero-order valence-electron chi connectivity index (χ0n) is 12.3. The Morgan fingerprint density at radius 3 is 2.76 bits per heavy atom. The highest BCUT2D eigenvalue weighted by Gasteiger charge is 2.25. The summed E-state index contributed by atoms with van der Waals surface area (Å²) in [6.07, 6.45) is 4.11. The molecule has 5 nitrogen and oxygen atoms in total. The molecule has 1 aromatic heterocycles. The van der Waals surface area contributed by atoms with Gasteiger partial charge in [0, 0.05) is 13.1 Å². The maximum atomic E-state index is 12.4. The van der Waals surface area contributed by atoms with Crippen LogP contribution in [0.15, 0.2) is 6.07 Å². The van der Waals surface area contributed by atoms with Crippen molar-refractivity contribution in [2.75, 3.05) is 25.0 Å². The summed E-state index contributed by atoms with van der Waals surface area (Å²) in [6.45, 7) is 4.54. The second-order valence-electron chi connectivity index (χ2n) is 5.76. The molecule has 2 N–H and O–H groups in total. The molecule has 2 aliphatic heterocycles. The normalized spacial score (nSPS) is 21.8. The Morgan fingerprint density at radius 1 is 1.33 bits per heavy atom. The minimum absolute atomic E-state index is 0.0117. The van der Waals surface area contributed by atoms with Gasteiger partial charge in [-0.25, -0.2) is 0 Å². The first-order valence-corrected chi connectivity index (χ1v) is 8.41. The number of hydrogen-bond acceptors (Lipinski definition) is 4. The van der Waals surface area contributed by atoms with Crippen LogP contribution in [-0.4, -0.2) is 42.4 Å². The fourth-order valence-electron chi connectivity index (χ4n) is 2.89. The molecular formula is C15H21N3O2S. The number of thiophene rings is 1. The lowest BCUT2D eigenvalue weighted by atomic mass is 10.2. The third-order valence-electron chi connectivity index (χ3n) is 4.14. The number of nitrogens with zero attached hydrogens (tertiary/aromatic N) is 1. The first-order chi connectivity index (χ1) is 10.1. The van der Waals surface area contributed by atoms with E-state index in [2.05, 4.69) is 10.6 Å². The number of amides is 2. The molecule has 0 radical (unpaired) electrons. The molecule has 3 heterocycles. The number of anilines is 1. The third-order valence-corrected chi connectivity index (χ3v) is 5.28. The standard InChI is InChI=1S/C15H21N3O2S/c1-10-9-12(15(20)18-7-2-3-8-18)21-14(10)17-13(19)11-5-4-6-16-11/h9,11,16H,2-8H2,1H3,(H,17,19)/t11-/m0/s1. The molecule has 0 saturated carbocycles. The van der Waals surface area contributed by atoms with Gasteiger partial charge in [0.15, 0.2) is 0 Å². The van der Waals surface area contributed by atoms with Gasteiger partial charge in [0.2, 0.25) is 5.91 Å². The molecule has 2 fully saturated rings. The van der Waals surface area contributed by atoms with E-state index in [4.69, 9.17) is 0 Å². The molecular weight excluding hydrogens is 286 g/mol. The van der Waals surface area contributed by atoms with Gasteiger partial charge in [-0.15, -0.1) is 11.3 Å². The van der Waals surface area contributed by atoms with E-state index in [1.165, 1.54) is 11.3 Å². The van der Waals surface area contributed by atoms with Crippen molar-refractivity contribution >= 4 is 28.2 Å². The fourth-order valence-corrected chi connectivity index (χ4v) is 3.94. The summed E-state index contributed by atoms with van der Waals surface area (Å²) in [5, 5.41) is 6.95. The Bertz CT molecular complexity index is 543. The van der Waals surface area contributed by atoms with Crippen LogP contribution in [0.5, 0.6) is 0 Å². The summed E-state index contributed by atoms with van der Waals surface area (Å²) < 4.78 is 0. The molecule has 6 heteroatoms. The average Bonchev–Trinajstić information content (AvgIpc) is 3.20. The van der Waals surface area contributed by atoms with Gasteiger partial charge in [-0.05, 0) is 50.8 Å². The number of carbonyl (C=O) groups excluding carboxylic acids is 2. The molecule has 0 aliphatic carbocycles. The molecule has 21 heavy (non-hydrogen) atoms. The van der Waals surface area contributed by atoms with Crippen molar-refractivity contribution < 1.29 is 9.59 Å². The van der Waals surface area contributed by atoms with Gasteiger partial charge in [0.05, 0.1) is 15.9 Å². The summed E-state index contributed by atoms with van der Waals surface area (Å²) in [5.74, 6) is 0.109. The SMILES string of the molecule is Cc1cc(C(=O)N2CCCC2)sc1NC(=O)[C@@H]1CCCN1. The predicted octanol–water partition coefficient (Wildman–Crippen LogP) is 1.98. The molecule has 114 valence electrons. The maximum absolute atomic E-state index is 12.4. The largest absolute Gasteiger partial charge is 0.338 e. The Morgan fingerprint density at radius 2 is 2.10 bits per heavy atom. The van der Waals surface area contributed by atoms with Gasteiger partial charge in [0.1, 0.15) is 0 Å². The van der Waals surface area contributed by atoms with Gasteiger partial charge < -0.3 is 15.5 Å². The number of carbonyl (C=O) groups is 2. The Hall–Kier alpha value is -1.40. The third kappa shape index (κ3) is 3.11. The molecule has 1 aromatic rings. The molecule has 2 aliphatic rings. The van der Waals surface area contributed by atoms with Crippen molar-refractivity contribution in [1.82, 2.24) is 10.2 Å². The number of aryl methyl sites for hydroxylation is 1. The highest BCUT2D eigenvalue weighted by atomic mass is 32.1. The fraction of sp³-hybridized carbons (Fsp3) is 0.600. The molecule has 2 saturated heterocycles. The van der Waals surface area contributed by atoms with E-state index >= 15 is 0 Å². The smallest absolute Gasteiger partial charge is 0.264 e. The summed E-state index contributed by atoms with van der Waals surface area (Å²) >= 11 is 1.39. The van der Waals surface area contributed by atoms with Crippen LogP contribution in [-0.2, 0) is 4.79 Å². The van der Waals surface area contributed by atoms with Crippen molar-refractivity contribution in [2.24, 2.45) is 0 Å². The first kappa shape index (κ1) is 14.5. The van der Waals surface area contributed by atoms with Gasteiger partial charge in [0.25, 0.3) is 5.91 Å². The van der Waals surface area contributed by atoms with Crippen molar-refractivity contribution in [1.29, 1.82) is 0 Å². The van der Waals surface area contributed by atoms with E-state index in [-0.39, 0.29) is 17.9 Å². The van der Waals surface area contributed by atoms with E-state index in [1.807, 2.05) is 17.9 Å². The zero-order chi connectivity index (χ0) is 14.8. The van der Waals surface area contributed by atoms with Crippen LogP contribution in [0.2, 0.25) is 0 Å². The van der Waals surface area contributed by atoms with Gasteiger partial charge in [-0.1, -0.05) is 0 Å². The van der Waals surface area contributed by atoms with E-state index in [1.54, 1.807) is 0 Å². The van der Waals surface area contributed by atoms with Crippen LogP contribution in [0.4, 0.5) is 5.00 Å². The topological polar surface area (TPSA) is 61.4 Å². The second-order valence-corrected chi connectivity index (χ2v) is 6.81. The number of rotatable bonds is 3. The predicted molar refractivity (Wildman–Crippen MR) is 83.8 cm³/mol. The van der Waals surface area contributed by atoms with Gasteiger partial charge >= 0.3 is 0 Å². The number of nitrogens with one attached hydrogen (secondary N) is 2. The average molecular weight is 307 g/mol. The second kappa shape index (κ2) is 6.15.